The number of hydrogen-bond acceptors (Lipinski definition) is 3. The number of nitrogens with zero attached hydrogens (tertiary/aromatic N) is 1. The number of aliphatic hydroxyl groups excluding tert-OH is 1. The molecule has 5 unspecified atom stereocenters. The van der Waals surface area contributed by atoms with Crippen LogP contribution in [0.1, 0.15) is 57.1 Å². The van der Waals surface area contributed by atoms with Crippen LogP contribution < -0.4 is 5.32 Å². The van der Waals surface area contributed by atoms with Gasteiger partial charge >= 0.3 is 0 Å². The Morgan fingerprint density at radius 1 is 1.03 bits per heavy atom. The highest BCUT2D eigenvalue weighted by Gasteiger charge is 2.35. The average Bonchev–Trinajstić information content (AvgIpc) is 2.77. The molecule has 3 heteroatoms. The number of rotatable bonds is 10. The van der Waals surface area contributed by atoms with E-state index < -0.39 is 0 Å². The first-order valence-electron chi connectivity index (χ1n) is 11.8. The van der Waals surface area contributed by atoms with Crippen molar-refractivity contribution >= 4 is 0 Å². The van der Waals surface area contributed by atoms with Crippen molar-refractivity contribution in [1.82, 2.24) is 10.2 Å². The van der Waals surface area contributed by atoms with E-state index in [0.29, 0.717) is 36.4 Å². The quantitative estimate of drug-likeness (QED) is 0.576. The molecule has 5 atom stereocenters. The summed E-state index contributed by atoms with van der Waals surface area (Å²) in [6.07, 6.45) is 3.12. The number of hydrogen-bond donors (Lipinski definition) is 2. The smallest absolute Gasteiger partial charge is 0.0431 e. The molecular weight excluding hydrogens is 368 g/mol. The summed E-state index contributed by atoms with van der Waals surface area (Å²) in [5.74, 6) is 1.71. The van der Waals surface area contributed by atoms with Crippen molar-refractivity contribution in [3.8, 4) is 0 Å². The molecule has 2 aromatic carbocycles. The SMILES string of the molecule is CCC(NC1CN(Cc2ccccc2)CC(C)C1CCCO)C(C)c1ccccc1. The van der Waals surface area contributed by atoms with Gasteiger partial charge in [-0.1, -0.05) is 81.4 Å². The van der Waals surface area contributed by atoms with Crippen LogP contribution in [0.4, 0.5) is 0 Å². The third-order valence-electron chi connectivity index (χ3n) is 6.99. The van der Waals surface area contributed by atoms with Crippen molar-refractivity contribution in [1.29, 1.82) is 0 Å². The van der Waals surface area contributed by atoms with Crippen molar-refractivity contribution in [2.75, 3.05) is 19.7 Å². The van der Waals surface area contributed by atoms with Gasteiger partial charge in [0.1, 0.15) is 0 Å². The minimum Gasteiger partial charge on any atom is -0.396 e. The molecule has 0 spiro atoms. The third kappa shape index (κ3) is 6.16. The number of aliphatic hydroxyl groups is 1. The van der Waals surface area contributed by atoms with Crippen molar-refractivity contribution in [3.63, 3.8) is 0 Å². The van der Waals surface area contributed by atoms with E-state index in [1.807, 2.05) is 0 Å². The normalized spacial score (nSPS) is 24.5. The Kier molecular flexibility index (Phi) is 8.92. The molecule has 3 nitrogen and oxygen atoms in total. The fourth-order valence-electron chi connectivity index (χ4n) is 5.27. The van der Waals surface area contributed by atoms with Gasteiger partial charge in [0.2, 0.25) is 0 Å². The predicted molar refractivity (Wildman–Crippen MR) is 127 cm³/mol. The highest BCUT2D eigenvalue weighted by molar-refractivity contribution is 5.21. The molecule has 0 radical (unpaired) electrons. The van der Waals surface area contributed by atoms with Gasteiger partial charge in [-0.15, -0.1) is 0 Å². The van der Waals surface area contributed by atoms with Crippen LogP contribution in [0.3, 0.4) is 0 Å². The van der Waals surface area contributed by atoms with E-state index in [0.717, 1.165) is 38.9 Å². The minimum absolute atomic E-state index is 0.293. The van der Waals surface area contributed by atoms with Crippen LogP contribution in [0, 0.1) is 11.8 Å². The third-order valence-corrected chi connectivity index (χ3v) is 6.99. The molecule has 0 aliphatic carbocycles. The summed E-state index contributed by atoms with van der Waals surface area (Å²) in [6.45, 7) is 10.6. The van der Waals surface area contributed by atoms with Gasteiger partial charge in [0.15, 0.2) is 0 Å². The maximum atomic E-state index is 9.45. The van der Waals surface area contributed by atoms with E-state index in [-0.39, 0.29) is 0 Å². The molecule has 2 aromatic rings. The summed E-state index contributed by atoms with van der Waals surface area (Å²) in [5, 5.41) is 13.5. The topological polar surface area (TPSA) is 35.5 Å². The Morgan fingerprint density at radius 2 is 1.70 bits per heavy atom. The standard InChI is InChI=1S/C27H40N2O/c1-4-26(22(3)24-14-9-6-10-15-24)28-27-20-29(19-23-12-7-5-8-13-23)18-21(2)25(27)16-11-17-30/h5-10,12-15,21-22,25-28,30H,4,11,16-20H2,1-3H3. The van der Waals surface area contributed by atoms with Crippen LogP contribution in [0.25, 0.3) is 0 Å². The van der Waals surface area contributed by atoms with E-state index in [1.165, 1.54) is 11.1 Å². The van der Waals surface area contributed by atoms with Crippen molar-refractivity contribution < 1.29 is 5.11 Å². The second kappa shape index (κ2) is 11.6. The molecule has 3 rings (SSSR count). The lowest BCUT2D eigenvalue weighted by atomic mass is 9.78. The minimum atomic E-state index is 0.293. The zero-order valence-electron chi connectivity index (χ0n) is 19.0. The fraction of sp³-hybridized carbons (Fsp3) is 0.556. The monoisotopic (exact) mass is 408 g/mol. The fourth-order valence-corrected chi connectivity index (χ4v) is 5.27. The number of piperidine rings is 1. The molecule has 0 amide bonds. The molecule has 0 saturated carbocycles. The lowest BCUT2D eigenvalue weighted by molar-refractivity contribution is 0.0681. The Labute approximate surface area is 183 Å². The van der Waals surface area contributed by atoms with Crippen LogP contribution in [-0.2, 0) is 6.54 Å². The summed E-state index contributed by atoms with van der Waals surface area (Å²) >= 11 is 0. The van der Waals surface area contributed by atoms with Crippen LogP contribution in [0.15, 0.2) is 60.7 Å². The van der Waals surface area contributed by atoms with Crippen molar-refractivity contribution in [2.45, 2.75) is 64.6 Å². The van der Waals surface area contributed by atoms with Crippen LogP contribution in [-0.4, -0.2) is 41.8 Å². The van der Waals surface area contributed by atoms with E-state index in [1.54, 1.807) is 0 Å². The molecule has 1 fully saturated rings. The predicted octanol–water partition coefficient (Wildman–Crippen LogP) is 5.07. The zero-order valence-corrected chi connectivity index (χ0v) is 19.0. The Bertz CT molecular complexity index is 720. The first kappa shape index (κ1) is 23.0. The van der Waals surface area contributed by atoms with Gasteiger partial charge in [-0.25, -0.2) is 0 Å². The molecule has 30 heavy (non-hydrogen) atoms. The molecule has 1 aliphatic rings. The van der Waals surface area contributed by atoms with Gasteiger partial charge in [-0.2, -0.15) is 0 Å². The van der Waals surface area contributed by atoms with Crippen LogP contribution in [0.2, 0.25) is 0 Å². The molecule has 1 heterocycles. The van der Waals surface area contributed by atoms with E-state index in [2.05, 4.69) is 91.7 Å². The lowest BCUT2D eigenvalue weighted by Gasteiger charge is -2.45. The molecule has 164 valence electrons. The maximum absolute atomic E-state index is 9.45. The first-order valence-corrected chi connectivity index (χ1v) is 11.8. The first-order chi connectivity index (χ1) is 14.6. The Balaban J connectivity index is 1.73. The summed E-state index contributed by atoms with van der Waals surface area (Å²) in [5.41, 5.74) is 2.80. The second-order valence-corrected chi connectivity index (χ2v) is 9.17. The number of benzene rings is 2. The molecule has 1 saturated heterocycles. The van der Waals surface area contributed by atoms with Crippen LogP contribution >= 0.6 is 0 Å². The maximum Gasteiger partial charge on any atom is 0.0431 e. The lowest BCUT2D eigenvalue weighted by Crippen LogP contribution is -2.57. The van der Waals surface area contributed by atoms with E-state index in [4.69, 9.17) is 0 Å². The number of likely N-dealkylation sites (tertiary alicyclic amines) is 1. The summed E-state index contributed by atoms with van der Waals surface area (Å²) < 4.78 is 0. The zero-order chi connectivity index (χ0) is 21.3. The van der Waals surface area contributed by atoms with Crippen molar-refractivity contribution in [3.05, 3.63) is 71.8 Å². The van der Waals surface area contributed by atoms with Gasteiger partial charge in [0, 0.05) is 38.3 Å². The highest BCUT2D eigenvalue weighted by atomic mass is 16.2. The Morgan fingerprint density at radius 3 is 2.33 bits per heavy atom. The summed E-state index contributed by atoms with van der Waals surface area (Å²) in [4.78, 5) is 2.62. The van der Waals surface area contributed by atoms with Crippen LogP contribution in [0.5, 0.6) is 0 Å². The van der Waals surface area contributed by atoms with Crippen molar-refractivity contribution in [2.24, 2.45) is 11.8 Å². The van der Waals surface area contributed by atoms with Gasteiger partial charge in [-0.3, -0.25) is 4.90 Å². The highest BCUT2D eigenvalue weighted by Crippen LogP contribution is 2.31. The summed E-state index contributed by atoms with van der Waals surface area (Å²) in [7, 11) is 0. The van der Waals surface area contributed by atoms with E-state index in [9.17, 15) is 5.11 Å². The van der Waals surface area contributed by atoms with Gasteiger partial charge in [0.05, 0.1) is 0 Å². The Hall–Kier alpha value is -1.68. The molecule has 1 aliphatic heterocycles. The molecule has 0 bridgehead atoms. The van der Waals surface area contributed by atoms with Gasteiger partial charge in [0.25, 0.3) is 0 Å². The second-order valence-electron chi connectivity index (χ2n) is 9.17. The molecule has 2 N–H and O–H groups in total. The van der Waals surface area contributed by atoms with E-state index >= 15 is 0 Å². The average molecular weight is 409 g/mol. The molecule has 0 aromatic heterocycles. The molecular formula is C27H40N2O. The van der Waals surface area contributed by atoms with Gasteiger partial charge in [-0.05, 0) is 48.1 Å². The van der Waals surface area contributed by atoms with Gasteiger partial charge < -0.3 is 10.4 Å². The number of nitrogens with one attached hydrogen (secondary N) is 1. The largest absolute Gasteiger partial charge is 0.396 e. The summed E-state index contributed by atoms with van der Waals surface area (Å²) in [6, 6.07) is 22.6.